The Hall–Kier alpha value is -0.820. The fourth-order valence-electron chi connectivity index (χ4n) is 1.45. The highest BCUT2D eigenvalue weighted by molar-refractivity contribution is 5.30. The van der Waals surface area contributed by atoms with Crippen molar-refractivity contribution in [1.29, 1.82) is 0 Å². The molecular formula is C13H21N. The van der Waals surface area contributed by atoms with Gasteiger partial charge in [0.2, 0.25) is 0 Å². The molecule has 14 heavy (non-hydrogen) atoms. The molecule has 0 radical (unpaired) electrons. The van der Waals surface area contributed by atoms with E-state index in [4.69, 9.17) is 5.73 Å². The molecule has 1 heteroatoms. The minimum absolute atomic E-state index is 0.227. The predicted octanol–water partition coefficient (Wildman–Crippen LogP) is 3.05. The van der Waals surface area contributed by atoms with Crippen LogP contribution in [0.2, 0.25) is 0 Å². The van der Waals surface area contributed by atoms with Gasteiger partial charge in [-0.1, -0.05) is 52.0 Å². The van der Waals surface area contributed by atoms with Gasteiger partial charge in [-0.25, -0.2) is 0 Å². The fourth-order valence-corrected chi connectivity index (χ4v) is 1.45. The zero-order chi connectivity index (χ0) is 10.8. The Bertz CT molecular complexity index is 296. The summed E-state index contributed by atoms with van der Waals surface area (Å²) in [6.45, 7) is 9.59. The van der Waals surface area contributed by atoms with Gasteiger partial charge >= 0.3 is 0 Å². The first kappa shape index (κ1) is 11.3. The van der Waals surface area contributed by atoms with Crippen molar-refractivity contribution >= 4 is 0 Å². The molecule has 0 spiro atoms. The van der Waals surface area contributed by atoms with E-state index in [1.807, 2.05) is 0 Å². The van der Waals surface area contributed by atoms with Gasteiger partial charge in [0.1, 0.15) is 0 Å². The van der Waals surface area contributed by atoms with Crippen molar-refractivity contribution in [2.45, 2.75) is 39.0 Å². The highest BCUT2D eigenvalue weighted by Crippen LogP contribution is 2.25. The second-order valence-electron chi connectivity index (χ2n) is 5.01. The average molecular weight is 191 g/mol. The third-order valence-corrected chi connectivity index (χ3v) is 2.68. The number of rotatable bonds is 2. The Kier molecular flexibility index (Phi) is 3.33. The largest absolute Gasteiger partial charge is 0.330 e. The molecule has 1 aromatic carbocycles. The van der Waals surface area contributed by atoms with E-state index in [-0.39, 0.29) is 5.41 Å². The fraction of sp³-hybridized carbons (Fsp3) is 0.538. The zero-order valence-corrected chi connectivity index (χ0v) is 9.67. The molecule has 0 saturated heterocycles. The first-order chi connectivity index (χ1) is 6.45. The van der Waals surface area contributed by atoms with Gasteiger partial charge < -0.3 is 5.73 Å². The molecular weight excluding hydrogens is 170 g/mol. The average Bonchev–Trinajstić information content (AvgIpc) is 2.15. The van der Waals surface area contributed by atoms with Crippen molar-refractivity contribution in [1.82, 2.24) is 0 Å². The summed E-state index contributed by atoms with van der Waals surface area (Å²) in [6.07, 6.45) is 0. The van der Waals surface area contributed by atoms with Crippen molar-refractivity contribution < 1.29 is 0 Å². The standard InChI is InChI=1S/C13H21N/c1-10(9-14)11-6-5-7-12(8-11)13(2,3)4/h5-8,10H,9,14H2,1-4H3. The van der Waals surface area contributed by atoms with Gasteiger partial charge in [-0.05, 0) is 29.0 Å². The van der Waals surface area contributed by atoms with Crippen LogP contribution in [0.4, 0.5) is 0 Å². The van der Waals surface area contributed by atoms with E-state index in [0.717, 1.165) is 0 Å². The Morgan fingerprint density at radius 2 is 1.93 bits per heavy atom. The number of hydrogen-bond donors (Lipinski definition) is 1. The van der Waals surface area contributed by atoms with Gasteiger partial charge in [0.15, 0.2) is 0 Å². The molecule has 78 valence electrons. The van der Waals surface area contributed by atoms with Crippen LogP contribution >= 0.6 is 0 Å². The molecule has 0 heterocycles. The van der Waals surface area contributed by atoms with Crippen LogP contribution in [0.5, 0.6) is 0 Å². The Labute approximate surface area is 87.3 Å². The summed E-state index contributed by atoms with van der Waals surface area (Å²) < 4.78 is 0. The number of nitrogens with two attached hydrogens (primary N) is 1. The van der Waals surface area contributed by atoms with Gasteiger partial charge in [-0.3, -0.25) is 0 Å². The van der Waals surface area contributed by atoms with Crippen LogP contribution in [0.25, 0.3) is 0 Å². The number of benzene rings is 1. The lowest BCUT2D eigenvalue weighted by molar-refractivity contribution is 0.588. The molecule has 0 aromatic heterocycles. The van der Waals surface area contributed by atoms with Crippen molar-refractivity contribution in [3.63, 3.8) is 0 Å². The Morgan fingerprint density at radius 1 is 1.29 bits per heavy atom. The lowest BCUT2D eigenvalue weighted by atomic mass is 9.85. The minimum Gasteiger partial charge on any atom is -0.330 e. The van der Waals surface area contributed by atoms with E-state index >= 15 is 0 Å². The molecule has 1 rings (SSSR count). The smallest absolute Gasteiger partial charge is 0.00109 e. The molecule has 1 atom stereocenters. The predicted molar refractivity (Wildman–Crippen MR) is 62.6 cm³/mol. The molecule has 0 aliphatic rings. The van der Waals surface area contributed by atoms with Crippen molar-refractivity contribution in [3.05, 3.63) is 35.4 Å². The van der Waals surface area contributed by atoms with Crippen LogP contribution in [0.1, 0.15) is 44.7 Å². The molecule has 0 aliphatic heterocycles. The Balaban J connectivity index is 3.01. The van der Waals surface area contributed by atoms with E-state index in [0.29, 0.717) is 12.5 Å². The quantitative estimate of drug-likeness (QED) is 0.764. The normalized spacial score (nSPS) is 14.1. The van der Waals surface area contributed by atoms with Crippen LogP contribution in [0.15, 0.2) is 24.3 Å². The third-order valence-electron chi connectivity index (χ3n) is 2.68. The first-order valence-corrected chi connectivity index (χ1v) is 5.25. The highest BCUT2D eigenvalue weighted by atomic mass is 14.5. The summed E-state index contributed by atoms with van der Waals surface area (Å²) in [5, 5.41) is 0. The highest BCUT2D eigenvalue weighted by Gasteiger charge is 2.14. The van der Waals surface area contributed by atoms with Gasteiger partial charge in [0, 0.05) is 0 Å². The molecule has 1 unspecified atom stereocenters. The van der Waals surface area contributed by atoms with Crippen LogP contribution in [0.3, 0.4) is 0 Å². The Morgan fingerprint density at radius 3 is 2.43 bits per heavy atom. The summed E-state index contributed by atoms with van der Waals surface area (Å²) in [6, 6.07) is 8.75. The lowest BCUT2D eigenvalue weighted by Crippen LogP contribution is -2.13. The first-order valence-electron chi connectivity index (χ1n) is 5.25. The maximum atomic E-state index is 5.66. The summed E-state index contributed by atoms with van der Waals surface area (Å²) >= 11 is 0. The molecule has 0 bridgehead atoms. The molecule has 0 amide bonds. The second kappa shape index (κ2) is 4.14. The molecule has 1 nitrogen and oxygen atoms in total. The van der Waals surface area contributed by atoms with E-state index in [2.05, 4.69) is 52.0 Å². The van der Waals surface area contributed by atoms with Gasteiger partial charge in [-0.15, -0.1) is 0 Å². The molecule has 0 fully saturated rings. The van der Waals surface area contributed by atoms with E-state index < -0.39 is 0 Å². The summed E-state index contributed by atoms with van der Waals surface area (Å²) in [5.74, 6) is 0.456. The number of hydrogen-bond acceptors (Lipinski definition) is 1. The van der Waals surface area contributed by atoms with E-state index in [9.17, 15) is 0 Å². The van der Waals surface area contributed by atoms with E-state index in [1.54, 1.807) is 0 Å². The third kappa shape index (κ3) is 2.58. The van der Waals surface area contributed by atoms with Crippen LogP contribution in [-0.2, 0) is 5.41 Å². The summed E-state index contributed by atoms with van der Waals surface area (Å²) in [7, 11) is 0. The summed E-state index contributed by atoms with van der Waals surface area (Å²) in [4.78, 5) is 0. The molecule has 1 aromatic rings. The zero-order valence-electron chi connectivity index (χ0n) is 9.67. The maximum absolute atomic E-state index is 5.66. The monoisotopic (exact) mass is 191 g/mol. The van der Waals surface area contributed by atoms with Gasteiger partial charge in [0.25, 0.3) is 0 Å². The second-order valence-corrected chi connectivity index (χ2v) is 5.01. The molecule has 0 aliphatic carbocycles. The van der Waals surface area contributed by atoms with Crippen molar-refractivity contribution in [2.24, 2.45) is 5.73 Å². The minimum atomic E-state index is 0.227. The lowest BCUT2D eigenvalue weighted by Gasteiger charge is -2.21. The topological polar surface area (TPSA) is 26.0 Å². The SMILES string of the molecule is CC(CN)c1cccc(C(C)(C)C)c1. The van der Waals surface area contributed by atoms with Crippen LogP contribution in [0, 0.1) is 0 Å². The van der Waals surface area contributed by atoms with Crippen molar-refractivity contribution in [2.75, 3.05) is 6.54 Å². The van der Waals surface area contributed by atoms with Crippen LogP contribution < -0.4 is 5.73 Å². The maximum Gasteiger partial charge on any atom is -0.00109 e. The van der Waals surface area contributed by atoms with Gasteiger partial charge in [0.05, 0.1) is 0 Å². The van der Waals surface area contributed by atoms with Crippen molar-refractivity contribution in [3.8, 4) is 0 Å². The molecule has 0 saturated carbocycles. The van der Waals surface area contributed by atoms with Crippen LogP contribution in [-0.4, -0.2) is 6.54 Å². The van der Waals surface area contributed by atoms with Gasteiger partial charge in [-0.2, -0.15) is 0 Å². The summed E-state index contributed by atoms with van der Waals surface area (Å²) in [5.41, 5.74) is 8.62. The molecule has 2 N–H and O–H groups in total. The van der Waals surface area contributed by atoms with E-state index in [1.165, 1.54) is 11.1 Å².